The monoisotopic (exact) mass is 489 g/mol. The highest BCUT2D eigenvalue weighted by Crippen LogP contribution is 2.25. The van der Waals surface area contributed by atoms with Crippen LogP contribution < -0.4 is 5.32 Å². The number of ketones is 1. The van der Waals surface area contributed by atoms with Gasteiger partial charge in [-0.05, 0) is 53.2 Å². The van der Waals surface area contributed by atoms with E-state index < -0.39 is 12.1 Å². The Morgan fingerprint density at radius 1 is 1.17 bits per heavy atom. The Balaban J connectivity index is 1.50. The molecule has 1 N–H and O–H groups in total. The van der Waals surface area contributed by atoms with Crippen LogP contribution >= 0.6 is 27.7 Å². The number of rotatable bonds is 9. The molecule has 3 rings (SSSR count). The van der Waals surface area contributed by atoms with E-state index in [0.717, 1.165) is 14.9 Å². The molecule has 0 aliphatic heterocycles. The summed E-state index contributed by atoms with van der Waals surface area (Å²) >= 11 is 4.73. The molecule has 1 heterocycles. The van der Waals surface area contributed by atoms with E-state index in [1.54, 1.807) is 0 Å². The number of carbonyl (C=O) groups is 2. The third kappa shape index (κ3) is 6.67. The highest BCUT2D eigenvalue weighted by Gasteiger charge is 2.21. The number of carbonyl (C=O) groups excluding carboxylic acids is 2. The molecule has 0 radical (unpaired) electrons. The number of ether oxygens (including phenoxy) is 1. The van der Waals surface area contributed by atoms with Gasteiger partial charge in [-0.1, -0.05) is 53.2 Å². The second kappa shape index (κ2) is 10.9. The van der Waals surface area contributed by atoms with Crippen molar-refractivity contribution in [3.05, 3.63) is 64.6 Å². The van der Waals surface area contributed by atoms with Crippen LogP contribution in [0.15, 0.2) is 69.1 Å². The number of nitrogens with zero attached hydrogens (tertiary/aromatic N) is 4. The summed E-state index contributed by atoms with van der Waals surface area (Å²) < 4.78 is 6.16. The Kier molecular flexibility index (Phi) is 7.97. The third-order valence-electron chi connectivity index (χ3n) is 4.06. The molecule has 1 atom stereocenters. The minimum absolute atomic E-state index is 0.0919. The molecule has 8 nitrogen and oxygen atoms in total. The number of hydrogen-bond donors (Lipinski definition) is 1. The van der Waals surface area contributed by atoms with Crippen LogP contribution in [0.4, 0.5) is 4.79 Å². The van der Waals surface area contributed by atoms with Crippen molar-refractivity contribution < 1.29 is 14.3 Å². The van der Waals surface area contributed by atoms with Crippen LogP contribution in [0.5, 0.6) is 0 Å². The summed E-state index contributed by atoms with van der Waals surface area (Å²) in [6.45, 7) is 1.85. The van der Waals surface area contributed by atoms with E-state index in [9.17, 15) is 9.59 Å². The van der Waals surface area contributed by atoms with Crippen molar-refractivity contribution in [1.82, 2.24) is 25.5 Å². The molecule has 1 amide bonds. The lowest BCUT2D eigenvalue weighted by molar-refractivity contribution is -0.122. The molecule has 0 aliphatic carbocycles. The van der Waals surface area contributed by atoms with Crippen molar-refractivity contribution in [2.24, 2.45) is 0 Å². The van der Waals surface area contributed by atoms with Crippen LogP contribution in [-0.4, -0.2) is 38.1 Å². The maximum absolute atomic E-state index is 12.5. The maximum Gasteiger partial charge on any atom is 0.408 e. The van der Waals surface area contributed by atoms with E-state index in [4.69, 9.17) is 4.74 Å². The minimum atomic E-state index is -0.693. The lowest BCUT2D eigenvalue weighted by atomic mass is 10.1. The highest BCUT2D eigenvalue weighted by molar-refractivity contribution is 9.10. The number of tetrazole rings is 1. The fourth-order valence-electron chi connectivity index (χ4n) is 2.51. The van der Waals surface area contributed by atoms with E-state index in [2.05, 4.69) is 36.7 Å². The zero-order valence-electron chi connectivity index (χ0n) is 16.2. The molecule has 2 aromatic carbocycles. The van der Waals surface area contributed by atoms with Crippen LogP contribution in [-0.2, 0) is 22.7 Å². The van der Waals surface area contributed by atoms with Gasteiger partial charge >= 0.3 is 6.09 Å². The lowest BCUT2D eigenvalue weighted by Gasteiger charge is -2.15. The molecule has 0 fully saturated rings. The first kappa shape index (κ1) is 22.0. The Bertz CT molecular complexity index is 982. The zero-order valence-corrected chi connectivity index (χ0v) is 18.6. The van der Waals surface area contributed by atoms with Gasteiger partial charge in [-0.15, -0.1) is 10.2 Å². The first-order valence-corrected chi connectivity index (χ1v) is 10.9. The van der Waals surface area contributed by atoms with E-state index in [1.807, 2.05) is 61.5 Å². The number of nitrogens with one attached hydrogen (secondary N) is 1. The number of hydrogen-bond acceptors (Lipinski definition) is 7. The largest absolute Gasteiger partial charge is 0.445 e. The van der Waals surface area contributed by atoms with Crippen molar-refractivity contribution in [2.45, 2.75) is 42.6 Å². The van der Waals surface area contributed by atoms with Crippen LogP contribution in [0.1, 0.15) is 18.9 Å². The van der Waals surface area contributed by atoms with Crippen molar-refractivity contribution in [2.75, 3.05) is 0 Å². The molecule has 0 aliphatic rings. The molecule has 0 saturated carbocycles. The Morgan fingerprint density at radius 2 is 1.90 bits per heavy atom. The summed E-state index contributed by atoms with van der Waals surface area (Å²) in [7, 11) is 0. The molecular formula is C20H20BrN5O3S. The lowest BCUT2D eigenvalue weighted by Crippen LogP contribution is -2.42. The predicted octanol–water partition coefficient (Wildman–Crippen LogP) is 3.86. The number of alkyl carbamates (subject to hydrolysis) is 1. The molecule has 1 unspecified atom stereocenters. The number of amides is 1. The fourth-order valence-corrected chi connectivity index (χ4v) is 3.47. The standard InChI is InChI=1S/C20H20BrN5O3S/c1-2-17(22-20(28)29-13-14-6-4-3-5-7-14)18(27)12-26-24-19(23-25-26)30-16-10-8-15(21)9-11-16/h3-11,17H,2,12-13H2,1H3,(H,22,28). The summed E-state index contributed by atoms with van der Waals surface area (Å²) in [6.07, 6.45) is -0.217. The van der Waals surface area contributed by atoms with E-state index in [0.29, 0.717) is 11.6 Å². The average Bonchev–Trinajstić information content (AvgIpc) is 3.19. The number of benzene rings is 2. The molecule has 156 valence electrons. The highest BCUT2D eigenvalue weighted by atomic mass is 79.9. The molecule has 10 heteroatoms. The van der Waals surface area contributed by atoms with Crippen molar-refractivity contribution in [3.8, 4) is 0 Å². The van der Waals surface area contributed by atoms with Crippen molar-refractivity contribution >= 4 is 39.6 Å². The molecule has 0 bridgehead atoms. The second-order valence-electron chi connectivity index (χ2n) is 6.29. The van der Waals surface area contributed by atoms with E-state index in [-0.39, 0.29) is 18.9 Å². The minimum Gasteiger partial charge on any atom is -0.445 e. The van der Waals surface area contributed by atoms with Gasteiger partial charge in [0.2, 0.25) is 5.16 Å². The number of aromatic nitrogens is 4. The third-order valence-corrected chi connectivity index (χ3v) is 5.44. The van der Waals surface area contributed by atoms with E-state index in [1.165, 1.54) is 16.6 Å². The summed E-state index contributed by atoms with van der Waals surface area (Å²) in [6, 6.07) is 16.3. The predicted molar refractivity (Wildman–Crippen MR) is 115 cm³/mol. The van der Waals surface area contributed by atoms with Gasteiger partial charge in [-0.3, -0.25) is 4.79 Å². The van der Waals surface area contributed by atoms with Gasteiger partial charge in [0.25, 0.3) is 0 Å². The molecule has 1 aromatic heterocycles. The normalized spacial score (nSPS) is 11.7. The molecule has 30 heavy (non-hydrogen) atoms. The first-order chi connectivity index (χ1) is 14.5. The van der Waals surface area contributed by atoms with Gasteiger partial charge in [0.05, 0.1) is 6.04 Å². The molecule has 0 saturated heterocycles. The summed E-state index contributed by atoms with van der Waals surface area (Å²) in [5.41, 5.74) is 0.870. The number of halogens is 1. The Morgan fingerprint density at radius 3 is 2.60 bits per heavy atom. The Labute approximate surface area is 186 Å². The van der Waals surface area contributed by atoms with Crippen molar-refractivity contribution in [1.29, 1.82) is 0 Å². The zero-order chi connectivity index (χ0) is 21.3. The molecule has 0 spiro atoms. The SMILES string of the molecule is CCC(NC(=O)OCc1ccccc1)C(=O)Cn1nnc(Sc2ccc(Br)cc2)n1. The van der Waals surface area contributed by atoms with Gasteiger partial charge in [0.15, 0.2) is 5.78 Å². The average molecular weight is 490 g/mol. The first-order valence-electron chi connectivity index (χ1n) is 9.24. The van der Waals surface area contributed by atoms with Crippen molar-refractivity contribution in [3.63, 3.8) is 0 Å². The van der Waals surface area contributed by atoms with Crippen LogP contribution in [0.25, 0.3) is 0 Å². The molecular weight excluding hydrogens is 470 g/mol. The Hall–Kier alpha value is -2.72. The van der Waals surface area contributed by atoms with E-state index >= 15 is 0 Å². The molecule has 3 aromatic rings. The van der Waals surface area contributed by atoms with Crippen LogP contribution in [0.2, 0.25) is 0 Å². The summed E-state index contributed by atoms with van der Waals surface area (Å²) in [4.78, 5) is 26.8. The maximum atomic E-state index is 12.5. The summed E-state index contributed by atoms with van der Waals surface area (Å²) in [5, 5.41) is 15.1. The van der Waals surface area contributed by atoms with Gasteiger partial charge in [-0.25, -0.2) is 4.79 Å². The topological polar surface area (TPSA) is 99.0 Å². The number of Topliss-reactive ketones (excluding diaryl/α,β-unsaturated/α-hetero) is 1. The smallest absolute Gasteiger partial charge is 0.408 e. The quantitative estimate of drug-likeness (QED) is 0.486. The van der Waals surface area contributed by atoms with Crippen LogP contribution in [0, 0.1) is 0 Å². The summed E-state index contributed by atoms with van der Waals surface area (Å²) in [5.74, 6) is -0.230. The van der Waals surface area contributed by atoms with Gasteiger partial charge in [0, 0.05) is 9.37 Å². The van der Waals surface area contributed by atoms with Gasteiger partial charge in [0.1, 0.15) is 13.2 Å². The second-order valence-corrected chi connectivity index (χ2v) is 8.25. The van der Waals surface area contributed by atoms with Gasteiger partial charge in [-0.2, -0.15) is 4.80 Å². The van der Waals surface area contributed by atoms with Crippen LogP contribution in [0.3, 0.4) is 0 Å². The fraction of sp³-hybridized carbons (Fsp3) is 0.250. The van der Waals surface area contributed by atoms with Gasteiger partial charge < -0.3 is 10.1 Å².